The van der Waals surface area contributed by atoms with Gasteiger partial charge in [-0.05, 0) is 32.4 Å². The smallest absolute Gasteiger partial charge is 0.347 e. The number of rotatable bonds is 5. The number of carboxylic acid groups (broad SMARTS) is 1. The Labute approximate surface area is 129 Å². The van der Waals surface area contributed by atoms with E-state index in [1.165, 1.54) is 24.2 Å². The maximum atomic E-state index is 11.4. The molecular weight excluding hydrogens is 286 g/mol. The molecule has 0 bridgehead atoms. The highest BCUT2D eigenvalue weighted by Crippen LogP contribution is 2.39. The van der Waals surface area contributed by atoms with E-state index in [0.29, 0.717) is 10.8 Å². The summed E-state index contributed by atoms with van der Waals surface area (Å²) < 4.78 is 0. The third-order valence-electron chi connectivity index (χ3n) is 4.46. The first-order valence-corrected chi connectivity index (χ1v) is 8.71. The monoisotopic (exact) mass is 309 g/mol. The number of nitrogens with one attached hydrogen (secondary N) is 1. The molecule has 0 aromatic carbocycles. The van der Waals surface area contributed by atoms with Crippen molar-refractivity contribution in [1.29, 1.82) is 0 Å². The molecule has 116 valence electrons. The second kappa shape index (κ2) is 6.85. The molecule has 2 heterocycles. The molecule has 1 aliphatic heterocycles. The van der Waals surface area contributed by atoms with Gasteiger partial charge in [0.1, 0.15) is 4.88 Å². The Hall–Kier alpha value is -0.980. The lowest BCUT2D eigenvalue weighted by atomic mass is 9.82. The number of carbonyl (C=O) groups is 1. The van der Waals surface area contributed by atoms with Crippen molar-refractivity contribution in [2.75, 3.05) is 32.7 Å². The highest BCUT2D eigenvalue weighted by molar-refractivity contribution is 7.13. The Morgan fingerprint density at radius 2 is 2.19 bits per heavy atom. The minimum absolute atomic E-state index is 0.392. The van der Waals surface area contributed by atoms with Gasteiger partial charge in [0.05, 0.1) is 10.7 Å². The number of nitrogens with zero attached hydrogens (tertiary/aromatic N) is 2. The first kappa shape index (κ1) is 14.9. The Bertz CT molecular complexity index is 491. The van der Waals surface area contributed by atoms with Crippen LogP contribution in [0.4, 0.5) is 0 Å². The first-order chi connectivity index (χ1) is 10.2. The van der Waals surface area contributed by atoms with Crippen molar-refractivity contribution in [2.45, 2.75) is 38.0 Å². The van der Waals surface area contributed by atoms with Gasteiger partial charge in [0.2, 0.25) is 0 Å². The van der Waals surface area contributed by atoms with Crippen molar-refractivity contribution in [3.63, 3.8) is 0 Å². The van der Waals surface area contributed by atoms with Crippen LogP contribution in [0.25, 0.3) is 0 Å². The molecule has 5 nitrogen and oxygen atoms in total. The molecule has 1 saturated carbocycles. The predicted octanol–water partition coefficient (Wildman–Crippen LogP) is 1.95. The summed E-state index contributed by atoms with van der Waals surface area (Å²) in [5.74, 6) is -0.414. The van der Waals surface area contributed by atoms with E-state index >= 15 is 0 Å². The van der Waals surface area contributed by atoms with E-state index in [1.54, 1.807) is 0 Å². The van der Waals surface area contributed by atoms with E-state index in [9.17, 15) is 9.90 Å². The van der Waals surface area contributed by atoms with Gasteiger partial charge in [-0.1, -0.05) is 6.42 Å². The molecule has 2 aliphatic rings. The Balaban J connectivity index is 1.63. The van der Waals surface area contributed by atoms with Crippen LogP contribution in [0.2, 0.25) is 0 Å². The molecule has 0 atom stereocenters. The van der Waals surface area contributed by atoms with Gasteiger partial charge >= 0.3 is 5.97 Å². The van der Waals surface area contributed by atoms with Crippen molar-refractivity contribution < 1.29 is 9.90 Å². The molecule has 1 aromatic rings. The molecule has 3 rings (SSSR count). The number of hydrogen-bond acceptors (Lipinski definition) is 5. The van der Waals surface area contributed by atoms with Gasteiger partial charge in [0, 0.05) is 32.0 Å². The number of carboxylic acids is 1. The van der Waals surface area contributed by atoms with Gasteiger partial charge in [-0.3, -0.25) is 0 Å². The highest BCUT2D eigenvalue weighted by Gasteiger charge is 2.28. The van der Waals surface area contributed by atoms with Crippen molar-refractivity contribution in [1.82, 2.24) is 15.2 Å². The first-order valence-electron chi connectivity index (χ1n) is 7.90. The third kappa shape index (κ3) is 3.62. The molecule has 1 aromatic heterocycles. The molecule has 2 fully saturated rings. The maximum absolute atomic E-state index is 11.4. The molecule has 0 radical (unpaired) electrons. The average Bonchev–Trinajstić information content (AvgIpc) is 2.64. The standard InChI is InChI=1S/C15H23N3O2S/c19-15(20)14-13(11-3-1-4-11)17-12(21-14)5-9-18-8-2-6-16-7-10-18/h11,16H,1-10H2,(H,19,20). The van der Waals surface area contributed by atoms with E-state index in [1.807, 2.05) is 0 Å². The van der Waals surface area contributed by atoms with Crippen LogP contribution < -0.4 is 5.32 Å². The molecule has 0 amide bonds. The van der Waals surface area contributed by atoms with Crippen LogP contribution in [0.5, 0.6) is 0 Å². The van der Waals surface area contributed by atoms with Gasteiger partial charge < -0.3 is 15.3 Å². The van der Waals surface area contributed by atoms with E-state index < -0.39 is 5.97 Å². The van der Waals surface area contributed by atoms with E-state index in [2.05, 4.69) is 15.2 Å². The molecule has 0 spiro atoms. The van der Waals surface area contributed by atoms with Crippen LogP contribution in [0.3, 0.4) is 0 Å². The molecule has 21 heavy (non-hydrogen) atoms. The lowest BCUT2D eigenvalue weighted by Crippen LogP contribution is -2.30. The zero-order valence-corrected chi connectivity index (χ0v) is 13.1. The van der Waals surface area contributed by atoms with Gasteiger partial charge in [-0.15, -0.1) is 11.3 Å². The third-order valence-corrected chi connectivity index (χ3v) is 5.58. The highest BCUT2D eigenvalue weighted by atomic mass is 32.1. The largest absolute Gasteiger partial charge is 0.477 e. The summed E-state index contributed by atoms with van der Waals surface area (Å²) in [5, 5.41) is 13.7. The van der Waals surface area contributed by atoms with Gasteiger partial charge in [-0.25, -0.2) is 9.78 Å². The lowest BCUT2D eigenvalue weighted by Gasteiger charge is -2.23. The zero-order chi connectivity index (χ0) is 14.7. The lowest BCUT2D eigenvalue weighted by molar-refractivity contribution is 0.0699. The van der Waals surface area contributed by atoms with E-state index in [4.69, 9.17) is 0 Å². The quantitative estimate of drug-likeness (QED) is 0.870. The fourth-order valence-electron chi connectivity index (χ4n) is 2.98. The summed E-state index contributed by atoms with van der Waals surface area (Å²) in [7, 11) is 0. The normalized spacial score (nSPS) is 21.0. The van der Waals surface area contributed by atoms with Crippen molar-refractivity contribution in [3.8, 4) is 0 Å². The van der Waals surface area contributed by atoms with Crippen LogP contribution >= 0.6 is 11.3 Å². The summed E-state index contributed by atoms with van der Waals surface area (Å²) in [6.07, 6.45) is 5.46. The van der Waals surface area contributed by atoms with Crippen LogP contribution in [-0.4, -0.2) is 53.7 Å². The molecule has 2 N–H and O–H groups in total. The molecule has 1 saturated heterocycles. The number of hydrogen-bond donors (Lipinski definition) is 2. The number of aromatic nitrogens is 1. The van der Waals surface area contributed by atoms with Crippen LogP contribution in [-0.2, 0) is 6.42 Å². The van der Waals surface area contributed by atoms with E-state index in [-0.39, 0.29) is 0 Å². The van der Waals surface area contributed by atoms with Crippen molar-refractivity contribution in [2.24, 2.45) is 0 Å². The second-order valence-corrected chi connectivity index (χ2v) is 7.03. The Morgan fingerprint density at radius 3 is 2.90 bits per heavy atom. The zero-order valence-electron chi connectivity index (χ0n) is 12.3. The second-order valence-electron chi connectivity index (χ2n) is 5.95. The molecule has 6 heteroatoms. The fraction of sp³-hybridized carbons (Fsp3) is 0.733. The van der Waals surface area contributed by atoms with Crippen LogP contribution in [0.15, 0.2) is 0 Å². The Kier molecular flexibility index (Phi) is 4.87. The predicted molar refractivity (Wildman–Crippen MR) is 83.3 cm³/mol. The number of aromatic carboxylic acids is 1. The van der Waals surface area contributed by atoms with E-state index in [0.717, 1.165) is 62.7 Å². The molecule has 1 aliphatic carbocycles. The average molecular weight is 309 g/mol. The minimum atomic E-state index is -0.806. The van der Waals surface area contributed by atoms with Crippen molar-refractivity contribution >= 4 is 17.3 Å². The summed E-state index contributed by atoms with van der Waals surface area (Å²) in [6, 6.07) is 0. The minimum Gasteiger partial charge on any atom is -0.477 e. The van der Waals surface area contributed by atoms with Gasteiger partial charge in [0.15, 0.2) is 0 Å². The summed E-state index contributed by atoms with van der Waals surface area (Å²) >= 11 is 1.39. The number of thiazole rings is 1. The fourth-order valence-corrected chi connectivity index (χ4v) is 3.95. The van der Waals surface area contributed by atoms with Gasteiger partial charge in [-0.2, -0.15) is 0 Å². The maximum Gasteiger partial charge on any atom is 0.347 e. The van der Waals surface area contributed by atoms with Crippen LogP contribution in [0.1, 0.15) is 52.0 Å². The summed E-state index contributed by atoms with van der Waals surface area (Å²) in [5.41, 5.74) is 0.853. The van der Waals surface area contributed by atoms with Crippen LogP contribution in [0, 0.1) is 0 Å². The summed E-state index contributed by atoms with van der Waals surface area (Å²) in [6.45, 7) is 5.33. The molecular formula is C15H23N3O2S. The topological polar surface area (TPSA) is 65.5 Å². The summed E-state index contributed by atoms with van der Waals surface area (Å²) in [4.78, 5) is 19.0. The SMILES string of the molecule is O=C(O)c1sc(CCN2CCCNCC2)nc1C1CCC1. The van der Waals surface area contributed by atoms with Gasteiger partial charge in [0.25, 0.3) is 0 Å². The Morgan fingerprint density at radius 1 is 1.33 bits per heavy atom. The van der Waals surface area contributed by atoms with Crippen molar-refractivity contribution in [3.05, 3.63) is 15.6 Å². The molecule has 0 unspecified atom stereocenters.